The van der Waals surface area contributed by atoms with E-state index in [2.05, 4.69) is 5.16 Å². The van der Waals surface area contributed by atoms with E-state index in [0.29, 0.717) is 11.1 Å². The molecule has 0 aliphatic heterocycles. The van der Waals surface area contributed by atoms with Crippen molar-refractivity contribution in [1.82, 2.24) is 0 Å². The van der Waals surface area contributed by atoms with Crippen molar-refractivity contribution in [2.24, 2.45) is 10.6 Å². The first-order chi connectivity index (χ1) is 11.5. The zero-order valence-electron chi connectivity index (χ0n) is 13.4. The Kier molecular flexibility index (Phi) is 5.23. The lowest BCUT2D eigenvalue weighted by Gasteiger charge is -2.11. The zero-order chi connectivity index (χ0) is 17.6. The Morgan fingerprint density at radius 3 is 1.96 bits per heavy atom. The maximum atomic E-state index is 12.7. The number of ketones is 1. The molecule has 0 spiro atoms. The fourth-order valence-corrected chi connectivity index (χ4v) is 1.79. The highest BCUT2D eigenvalue weighted by Crippen LogP contribution is 2.16. The van der Waals surface area contributed by atoms with Crippen molar-refractivity contribution in [2.45, 2.75) is 13.8 Å². The summed E-state index contributed by atoms with van der Waals surface area (Å²) in [6.07, 6.45) is 0. The summed E-state index contributed by atoms with van der Waals surface area (Å²) in [6, 6.07) is 19.1. The molecule has 5 nitrogen and oxygen atoms in total. The second-order valence-corrected chi connectivity index (χ2v) is 5.62. The lowest BCUT2D eigenvalue weighted by molar-refractivity contribution is -0.150. The summed E-state index contributed by atoms with van der Waals surface area (Å²) in [4.78, 5) is 29.5. The summed E-state index contributed by atoms with van der Waals surface area (Å²) in [6.45, 7) is 2.85. The van der Waals surface area contributed by atoms with Gasteiger partial charge in [0, 0.05) is 11.1 Å². The number of Topliss-reactive ketones (excluding diaryl/α,β-unsaturated/α-hetero) is 1. The van der Waals surface area contributed by atoms with E-state index in [-0.39, 0.29) is 11.5 Å². The summed E-state index contributed by atoms with van der Waals surface area (Å²) < 4.78 is 0. The van der Waals surface area contributed by atoms with Gasteiger partial charge in [-0.1, -0.05) is 65.8 Å². The zero-order valence-corrected chi connectivity index (χ0v) is 13.4. The molecule has 0 unspecified atom stereocenters. The molecule has 2 aromatic carbocycles. The maximum Gasteiger partial charge on any atom is 0.354 e. The predicted molar refractivity (Wildman–Crippen MR) is 89.2 cm³/mol. The molecular formula is C19H16N2O3. The van der Waals surface area contributed by atoms with Gasteiger partial charge in [-0.2, -0.15) is 5.26 Å². The summed E-state index contributed by atoms with van der Waals surface area (Å²) in [5.74, 6) is -1.19. The predicted octanol–water partition coefficient (Wildman–Crippen LogP) is 3.37. The highest BCUT2D eigenvalue weighted by Gasteiger charge is 2.30. The second kappa shape index (κ2) is 7.34. The van der Waals surface area contributed by atoms with Crippen molar-refractivity contribution in [2.75, 3.05) is 0 Å². The molecule has 0 amide bonds. The summed E-state index contributed by atoms with van der Waals surface area (Å²) in [5.41, 5.74) is -0.394. The minimum atomic E-state index is -1.35. The number of hydrogen-bond donors (Lipinski definition) is 0. The Labute approximate surface area is 140 Å². The van der Waals surface area contributed by atoms with Crippen LogP contribution < -0.4 is 0 Å². The van der Waals surface area contributed by atoms with Crippen LogP contribution in [0.25, 0.3) is 0 Å². The Bertz CT molecular complexity index is 804. The standard InChI is InChI=1S/C19H16N2O3/c1-19(2,13-20)18(23)24-21-16(14-9-5-3-6-10-14)17(22)15-11-7-4-8-12-15/h3-12H,1-2H3/b21-16+. The quantitative estimate of drug-likeness (QED) is 0.366. The van der Waals surface area contributed by atoms with Crippen LogP contribution in [0, 0.1) is 16.7 Å². The minimum Gasteiger partial charge on any atom is -0.316 e. The largest absolute Gasteiger partial charge is 0.354 e. The van der Waals surface area contributed by atoms with Crippen LogP contribution in [0.4, 0.5) is 0 Å². The minimum absolute atomic E-state index is 0.00360. The van der Waals surface area contributed by atoms with Gasteiger partial charge in [0.25, 0.3) is 0 Å². The number of carbonyl (C=O) groups excluding carboxylic acids is 2. The number of benzene rings is 2. The van der Waals surface area contributed by atoms with Gasteiger partial charge < -0.3 is 4.84 Å². The van der Waals surface area contributed by atoms with Gasteiger partial charge in [-0.15, -0.1) is 0 Å². The number of nitrogens with zero attached hydrogens (tertiary/aromatic N) is 2. The normalized spacial score (nSPS) is 11.5. The molecule has 0 saturated heterocycles. The second-order valence-electron chi connectivity index (χ2n) is 5.62. The first-order valence-electron chi connectivity index (χ1n) is 7.31. The van der Waals surface area contributed by atoms with E-state index < -0.39 is 11.4 Å². The smallest absolute Gasteiger partial charge is 0.316 e. The van der Waals surface area contributed by atoms with Crippen molar-refractivity contribution in [3.05, 3.63) is 71.8 Å². The molecule has 0 N–H and O–H groups in total. The fourth-order valence-electron chi connectivity index (χ4n) is 1.79. The molecule has 24 heavy (non-hydrogen) atoms. The lowest BCUT2D eigenvalue weighted by atomic mass is 9.97. The molecule has 5 heteroatoms. The van der Waals surface area contributed by atoms with Crippen LogP contribution in [0.5, 0.6) is 0 Å². The molecule has 0 aromatic heterocycles. The van der Waals surface area contributed by atoms with E-state index >= 15 is 0 Å². The van der Waals surface area contributed by atoms with E-state index in [1.807, 2.05) is 6.07 Å². The number of nitriles is 1. The molecule has 0 aliphatic carbocycles. The molecular weight excluding hydrogens is 304 g/mol. The third-order valence-electron chi connectivity index (χ3n) is 3.31. The molecule has 0 aliphatic rings. The highest BCUT2D eigenvalue weighted by atomic mass is 16.7. The first-order valence-corrected chi connectivity index (χ1v) is 7.31. The SMILES string of the molecule is CC(C)(C#N)C(=O)O/N=C(/C(=O)c1ccccc1)c1ccccc1. The Hall–Kier alpha value is -3.26. The Balaban J connectivity index is 2.38. The number of rotatable bonds is 5. The third-order valence-corrected chi connectivity index (χ3v) is 3.31. The van der Waals surface area contributed by atoms with Crippen LogP contribution >= 0.6 is 0 Å². The van der Waals surface area contributed by atoms with Gasteiger partial charge in [0.05, 0.1) is 6.07 Å². The molecule has 2 aromatic rings. The third kappa shape index (κ3) is 3.93. The van der Waals surface area contributed by atoms with Crippen molar-refractivity contribution in [3.8, 4) is 6.07 Å². The van der Waals surface area contributed by atoms with E-state index in [9.17, 15) is 9.59 Å². The van der Waals surface area contributed by atoms with Gasteiger partial charge in [-0.05, 0) is 13.8 Å². The maximum absolute atomic E-state index is 12.7. The molecule has 0 atom stereocenters. The summed E-state index contributed by atoms with van der Waals surface area (Å²) in [5, 5.41) is 12.7. The molecule has 0 radical (unpaired) electrons. The van der Waals surface area contributed by atoms with Crippen molar-refractivity contribution >= 4 is 17.5 Å². The highest BCUT2D eigenvalue weighted by molar-refractivity contribution is 6.51. The number of hydrogen-bond acceptors (Lipinski definition) is 5. The van der Waals surface area contributed by atoms with Crippen LogP contribution in [0.3, 0.4) is 0 Å². The van der Waals surface area contributed by atoms with Crippen LogP contribution in [0.2, 0.25) is 0 Å². The lowest BCUT2D eigenvalue weighted by Crippen LogP contribution is -2.25. The van der Waals surface area contributed by atoms with Crippen molar-refractivity contribution in [3.63, 3.8) is 0 Å². The van der Waals surface area contributed by atoms with Crippen molar-refractivity contribution in [1.29, 1.82) is 5.26 Å². The van der Waals surface area contributed by atoms with Crippen LogP contribution in [-0.2, 0) is 9.63 Å². The fraction of sp³-hybridized carbons (Fsp3) is 0.158. The molecule has 0 bridgehead atoms. The monoisotopic (exact) mass is 320 g/mol. The van der Waals surface area contributed by atoms with Crippen LogP contribution in [0.1, 0.15) is 29.8 Å². The molecule has 0 saturated carbocycles. The van der Waals surface area contributed by atoms with E-state index in [1.165, 1.54) is 13.8 Å². The van der Waals surface area contributed by atoms with E-state index in [4.69, 9.17) is 10.1 Å². The van der Waals surface area contributed by atoms with Gasteiger partial charge in [0.1, 0.15) is 0 Å². The van der Waals surface area contributed by atoms with E-state index in [0.717, 1.165) is 0 Å². The number of oxime groups is 1. The first kappa shape index (κ1) is 17.1. The summed E-state index contributed by atoms with van der Waals surface area (Å²) >= 11 is 0. The van der Waals surface area contributed by atoms with Gasteiger partial charge in [0.2, 0.25) is 5.78 Å². The van der Waals surface area contributed by atoms with E-state index in [1.54, 1.807) is 60.7 Å². The topological polar surface area (TPSA) is 79.5 Å². The Morgan fingerprint density at radius 1 is 0.958 bits per heavy atom. The molecule has 0 fully saturated rings. The molecule has 0 heterocycles. The van der Waals surface area contributed by atoms with Crippen LogP contribution in [0.15, 0.2) is 65.8 Å². The molecule has 120 valence electrons. The summed E-state index contributed by atoms with van der Waals surface area (Å²) in [7, 11) is 0. The average Bonchev–Trinajstić information content (AvgIpc) is 2.63. The average molecular weight is 320 g/mol. The van der Waals surface area contributed by atoms with Gasteiger partial charge in [-0.25, -0.2) is 4.79 Å². The number of carbonyl (C=O) groups is 2. The van der Waals surface area contributed by atoms with Crippen LogP contribution in [-0.4, -0.2) is 17.5 Å². The van der Waals surface area contributed by atoms with Crippen molar-refractivity contribution < 1.29 is 14.4 Å². The molecule has 2 rings (SSSR count). The van der Waals surface area contributed by atoms with Gasteiger partial charge in [0.15, 0.2) is 11.1 Å². The van der Waals surface area contributed by atoms with Gasteiger partial charge in [-0.3, -0.25) is 4.79 Å². The van der Waals surface area contributed by atoms with Gasteiger partial charge >= 0.3 is 5.97 Å². The Morgan fingerprint density at radius 2 is 1.46 bits per heavy atom.